The van der Waals surface area contributed by atoms with Crippen LogP contribution in [0.5, 0.6) is 0 Å². The molecule has 168 valence electrons. The van der Waals surface area contributed by atoms with Gasteiger partial charge in [0.05, 0.1) is 17.0 Å². The van der Waals surface area contributed by atoms with Gasteiger partial charge < -0.3 is 9.64 Å². The third-order valence-corrected chi connectivity index (χ3v) is 8.48. The predicted molar refractivity (Wildman–Crippen MR) is 118 cm³/mol. The van der Waals surface area contributed by atoms with E-state index >= 15 is 0 Å². The molecule has 1 atom stereocenters. The van der Waals surface area contributed by atoms with Crippen LogP contribution in [-0.4, -0.2) is 71.0 Å². The van der Waals surface area contributed by atoms with E-state index in [1.165, 1.54) is 11.8 Å². The average Bonchev–Trinajstić information content (AvgIpc) is 3.33. The van der Waals surface area contributed by atoms with Crippen molar-refractivity contribution in [1.29, 1.82) is 0 Å². The van der Waals surface area contributed by atoms with Gasteiger partial charge in [-0.2, -0.15) is 0 Å². The van der Waals surface area contributed by atoms with Gasteiger partial charge in [0.1, 0.15) is 0 Å². The van der Waals surface area contributed by atoms with Crippen LogP contribution in [0.4, 0.5) is 0 Å². The van der Waals surface area contributed by atoms with Gasteiger partial charge in [-0.05, 0) is 37.7 Å². The number of sulfone groups is 1. The Kier molecular flexibility index (Phi) is 6.57. The molecule has 8 nitrogen and oxygen atoms in total. The van der Waals surface area contributed by atoms with Gasteiger partial charge in [-0.25, -0.2) is 18.2 Å². The number of aromatic nitrogens is 2. The van der Waals surface area contributed by atoms with Crippen LogP contribution in [0, 0.1) is 0 Å². The van der Waals surface area contributed by atoms with Crippen LogP contribution >= 0.6 is 11.8 Å². The maximum absolute atomic E-state index is 13.1. The number of ether oxygens (including phenoxy) is 1. The lowest BCUT2D eigenvalue weighted by Gasteiger charge is -2.38. The highest BCUT2D eigenvalue weighted by molar-refractivity contribution is 7.98. The Morgan fingerprint density at radius 3 is 2.65 bits per heavy atom. The number of imidazole rings is 1. The quantitative estimate of drug-likeness (QED) is 0.478. The number of esters is 1. The Hall–Kier alpha value is -2.07. The Balaban J connectivity index is 1.49. The minimum Gasteiger partial charge on any atom is -0.451 e. The van der Waals surface area contributed by atoms with Crippen LogP contribution in [-0.2, 0) is 19.4 Å². The van der Waals surface area contributed by atoms with Gasteiger partial charge >= 0.3 is 5.97 Å². The maximum atomic E-state index is 13.1. The molecule has 4 rings (SSSR count). The molecule has 0 radical (unpaired) electrons. The minimum atomic E-state index is -3.13. The van der Waals surface area contributed by atoms with Gasteiger partial charge in [0.15, 0.2) is 27.3 Å². The number of amides is 1. The second-order valence-electron chi connectivity index (χ2n) is 8.13. The highest BCUT2D eigenvalue weighted by atomic mass is 32.2. The Bertz CT molecular complexity index is 1080. The largest absolute Gasteiger partial charge is 0.451 e. The standard InChI is InChI=1S/C21H27N3O5S2/c1-30-21-22-19(17-9-5-6-11-23(17)21)20(26)29-13-18(25)24(15-7-3-2-4-8-15)16-10-12-31(27,28)14-16/h5-6,9,11,15-16H,2-4,7-8,10,12-14H2,1H3. The average molecular weight is 466 g/mol. The van der Waals surface area contributed by atoms with Crippen LogP contribution in [0.3, 0.4) is 0 Å². The zero-order valence-electron chi connectivity index (χ0n) is 17.5. The van der Waals surface area contributed by atoms with Crippen LogP contribution in [0.2, 0.25) is 0 Å². The monoisotopic (exact) mass is 465 g/mol. The van der Waals surface area contributed by atoms with E-state index in [4.69, 9.17) is 4.74 Å². The van der Waals surface area contributed by atoms with Crippen molar-refractivity contribution in [3.8, 4) is 0 Å². The predicted octanol–water partition coefficient (Wildman–Crippen LogP) is 2.56. The molecule has 2 aliphatic rings. The number of hydrogen-bond donors (Lipinski definition) is 0. The molecule has 0 bridgehead atoms. The smallest absolute Gasteiger partial charge is 0.359 e. The highest BCUT2D eigenvalue weighted by Crippen LogP contribution is 2.28. The number of rotatable bonds is 6. The summed E-state index contributed by atoms with van der Waals surface area (Å²) in [6.07, 6.45) is 9.03. The molecule has 2 aromatic rings. The molecule has 1 saturated heterocycles. The SMILES string of the molecule is CSc1nc(C(=O)OCC(=O)N(C2CCCCC2)C2CCS(=O)(=O)C2)c2ccccn12. The Labute approximate surface area is 186 Å². The first-order chi connectivity index (χ1) is 14.9. The fourth-order valence-electron chi connectivity index (χ4n) is 4.63. The molecule has 0 N–H and O–H groups in total. The normalized spacial score (nSPS) is 21.3. The number of carbonyl (C=O) groups excluding carboxylic acids is 2. The van der Waals surface area contributed by atoms with E-state index in [1.807, 2.05) is 24.6 Å². The summed E-state index contributed by atoms with van der Waals surface area (Å²) in [4.78, 5) is 31.9. The lowest BCUT2D eigenvalue weighted by atomic mass is 9.93. The summed E-state index contributed by atoms with van der Waals surface area (Å²) in [7, 11) is -3.13. The van der Waals surface area contributed by atoms with E-state index in [1.54, 1.807) is 15.4 Å². The van der Waals surface area contributed by atoms with E-state index in [0.29, 0.717) is 17.1 Å². The summed E-state index contributed by atoms with van der Waals surface area (Å²) in [5, 5.41) is 0.661. The second kappa shape index (κ2) is 9.20. The fourth-order valence-corrected chi connectivity index (χ4v) is 6.88. The minimum absolute atomic E-state index is 0.00798. The summed E-state index contributed by atoms with van der Waals surface area (Å²) in [5.41, 5.74) is 0.792. The molecule has 1 unspecified atom stereocenters. The van der Waals surface area contributed by atoms with Crippen molar-refractivity contribution in [3.05, 3.63) is 30.1 Å². The molecule has 2 fully saturated rings. The number of fused-ring (bicyclic) bond motifs is 1. The number of nitrogens with zero attached hydrogens (tertiary/aromatic N) is 3. The topological polar surface area (TPSA) is 98.0 Å². The molecule has 1 saturated carbocycles. The van der Waals surface area contributed by atoms with Gasteiger partial charge in [0.2, 0.25) is 0 Å². The Morgan fingerprint density at radius 2 is 1.97 bits per heavy atom. The van der Waals surface area contributed by atoms with Crippen molar-refractivity contribution in [3.63, 3.8) is 0 Å². The number of hydrogen-bond acceptors (Lipinski definition) is 7. The number of carbonyl (C=O) groups is 2. The first-order valence-electron chi connectivity index (χ1n) is 10.6. The second-order valence-corrected chi connectivity index (χ2v) is 11.1. The molecule has 1 amide bonds. The Morgan fingerprint density at radius 1 is 1.19 bits per heavy atom. The summed E-state index contributed by atoms with van der Waals surface area (Å²) >= 11 is 1.41. The lowest BCUT2D eigenvalue weighted by molar-refractivity contribution is -0.140. The van der Waals surface area contributed by atoms with E-state index in [2.05, 4.69) is 4.98 Å². The van der Waals surface area contributed by atoms with Gasteiger partial charge in [0, 0.05) is 18.3 Å². The third kappa shape index (κ3) is 4.74. The zero-order valence-corrected chi connectivity index (χ0v) is 19.2. The highest BCUT2D eigenvalue weighted by Gasteiger charge is 2.38. The summed E-state index contributed by atoms with van der Waals surface area (Å²) in [6.45, 7) is -0.410. The summed E-state index contributed by atoms with van der Waals surface area (Å²) in [6, 6.07) is 5.12. The molecule has 1 aliphatic heterocycles. The van der Waals surface area contributed by atoms with E-state index < -0.39 is 22.4 Å². The number of pyridine rings is 1. The summed E-state index contributed by atoms with van der Waals surface area (Å²) < 4.78 is 31.2. The van der Waals surface area contributed by atoms with Crippen molar-refractivity contribution in [2.24, 2.45) is 0 Å². The molecule has 0 aromatic carbocycles. The van der Waals surface area contributed by atoms with Gasteiger partial charge in [0.25, 0.3) is 5.91 Å². The van der Waals surface area contributed by atoms with Crippen molar-refractivity contribution in [1.82, 2.24) is 14.3 Å². The molecule has 2 aromatic heterocycles. The van der Waals surface area contributed by atoms with Gasteiger partial charge in [-0.1, -0.05) is 37.1 Å². The van der Waals surface area contributed by atoms with Crippen molar-refractivity contribution in [2.45, 2.75) is 55.8 Å². The van der Waals surface area contributed by atoms with Crippen LogP contribution in [0.1, 0.15) is 49.0 Å². The zero-order chi connectivity index (χ0) is 22.0. The molecule has 3 heterocycles. The lowest BCUT2D eigenvalue weighted by Crippen LogP contribution is -2.50. The first kappa shape index (κ1) is 22.1. The third-order valence-electron chi connectivity index (χ3n) is 6.08. The fraction of sp³-hybridized carbons (Fsp3) is 0.571. The number of thioether (sulfide) groups is 1. The van der Waals surface area contributed by atoms with E-state index in [0.717, 1.165) is 32.1 Å². The molecule has 31 heavy (non-hydrogen) atoms. The van der Waals surface area contributed by atoms with Crippen LogP contribution in [0.25, 0.3) is 5.52 Å². The van der Waals surface area contributed by atoms with Crippen LogP contribution < -0.4 is 0 Å². The van der Waals surface area contributed by atoms with Crippen molar-refractivity contribution in [2.75, 3.05) is 24.4 Å². The van der Waals surface area contributed by atoms with Crippen LogP contribution in [0.15, 0.2) is 29.6 Å². The molecule has 10 heteroatoms. The van der Waals surface area contributed by atoms with Crippen molar-refractivity contribution < 1.29 is 22.7 Å². The first-order valence-corrected chi connectivity index (χ1v) is 13.6. The molecular formula is C21H27N3O5S2. The molecular weight excluding hydrogens is 438 g/mol. The summed E-state index contributed by atoms with van der Waals surface area (Å²) in [5.74, 6) is -0.881. The van der Waals surface area contributed by atoms with E-state index in [-0.39, 0.29) is 35.2 Å². The van der Waals surface area contributed by atoms with Gasteiger partial charge in [-0.3, -0.25) is 9.20 Å². The molecule has 0 spiro atoms. The van der Waals surface area contributed by atoms with Gasteiger partial charge in [-0.15, -0.1) is 0 Å². The van der Waals surface area contributed by atoms with E-state index in [9.17, 15) is 18.0 Å². The maximum Gasteiger partial charge on any atom is 0.359 e. The molecule has 1 aliphatic carbocycles. The van der Waals surface area contributed by atoms with Crippen molar-refractivity contribution >= 4 is 39.0 Å².